The minimum atomic E-state index is 0.529. The molecule has 3 nitrogen and oxygen atoms in total. The Bertz CT molecular complexity index is 96.5. The van der Waals surface area contributed by atoms with Gasteiger partial charge in [-0.05, 0) is 6.92 Å². The highest BCUT2D eigenvalue weighted by atomic mass is 16.5. The molecule has 0 bridgehead atoms. The number of hydrogen-bond donors (Lipinski definition) is 2. The molecule has 0 saturated heterocycles. The number of hydrogen-bond acceptors (Lipinski definition) is 3. The lowest BCUT2D eigenvalue weighted by molar-refractivity contribution is 0.198. The molecule has 1 unspecified atom stereocenters. The molecule has 0 fully saturated rings. The van der Waals surface area contributed by atoms with Crippen molar-refractivity contribution < 1.29 is 4.74 Å². The molecule has 74 valence electrons. The maximum Gasteiger partial charge on any atom is 0.0587 e. The third-order valence-electron chi connectivity index (χ3n) is 1.55. The van der Waals surface area contributed by atoms with Crippen LogP contribution >= 0.6 is 0 Å². The van der Waals surface area contributed by atoms with Gasteiger partial charge in [0.15, 0.2) is 0 Å². The Balaban J connectivity index is 3.14. The first-order valence-electron chi connectivity index (χ1n) is 4.62. The van der Waals surface area contributed by atoms with E-state index in [2.05, 4.69) is 31.4 Å². The second-order valence-electron chi connectivity index (χ2n) is 3.42. The molecule has 12 heavy (non-hydrogen) atoms. The van der Waals surface area contributed by atoms with Crippen molar-refractivity contribution in [2.24, 2.45) is 0 Å². The summed E-state index contributed by atoms with van der Waals surface area (Å²) in [7, 11) is 1.72. The smallest absolute Gasteiger partial charge is 0.0587 e. The molecular formula is C9H22N2O. The predicted molar refractivity (Wildman–Crippen MR) is 52.5 cm³/mol. The molecule has 0 saturated carbocycles. The summed E-state index contributed by atoms with van der Waals surface area (Å²) in [5.41, 5.74) is 0. The minimum Gasteiger partial charge on any atom is -0.383 e. The minimum absolute atomic E-state index is 0.529. The standard InChI is InChI=1S/C9H22N2O/c1-8(2)11-9(3)7-10-5-6-12-4/h8-11H,5-7H2,1-4H3. The van der Waals surface area contributed by atoms with Crippen LogP contribution in [-0.2, 0) is 4.74 Å². The van der Waals surface area contributed by atoms with Gasteiger partial charge in [0.05, 0.1) is 6.61 Å². The van der Waals surface area contributed by atoms with E-state index < -0.39 is 0 Å². The van der Waals surface area contributed by atoms with Gasteiger partial charge in [0.1, 0.15) is 0 Å². The molecule has 0 amide bonds. The SMILES string of the molecule is COCCNCC(C)NC(C)C. The van der Waals surface area contributed by atoms with Crippen molar-refractivity contribution in [3.63, 3.8) is 0 Å². The van der Waals surface area contributed by atoms with Crippen LogP contribution in [0.3, 0.4) is 0 Å². The fourth-order valence-corrected chi connectivity index (χ4v) is 1.12. The molecule has 0 spiro atoms. The molecule has 0 heterocycles. The van der Waals surface area contributed by atoms with Crippen LogP contribution in [0.5, 0.6) is 0 Å². The summed E-state index contributed by atoms with van der Waals surface area (Å²) in [6.07, 6.45) is 0. The zero-order valence-electron chi connectivity index (χ0n) is 8.68. The van der Waals surface area contributed by atoms with Crippen LogP contribution in [0.15, 0.2) is 0 Å². The molecule has 3 heteroatoms. The van der Waals surface area contributed by atoms with Crippen LogP contribution in [0.2, 0.25) is 0 Å². The van der Waals surface area contributed by atoms with E-state index in [-0.39, 0.29) is 0 Å². The monoisotopic (exact) mass is 174 g/mol. The highest BCUT2D eigenvalue weighted by Crippen LogP contribution is 1.83. The number of rotatable bonds is 7. The molecular weight excluding hydrogens is 152 g/mol. The summed E-state index contributed by atoms with van der Waals surface area (Å²) < 4.78 is 4.92. The zero-order chi connectivity index (χ0) is 9.40. The van der Waals surface area contributed by atoms with E-state index in [0.29, 0.717) is 12.1 Å². The average molecular weight is 174 g/mol. The second kappa shape index (κ2) is 7.53. The van der Waals surface area contributed by atoms with Crippen LogP contribution in [-0.4, -0.2) is 38.9 Å². The summed E-state index contributed by atoms with van der Waals surface area (Å²) in [5.74, 6) is 0. The molecule has 2 N–H and O–H groups in total. The van der Waals surface area contributed by atoms with Crippen LogP contribution in [0.1, 0.15) is 20.8 Å². The lowest BCUT2D eigenvalue weighted by Gasteiger charge is -2.17. The van der Waals surface area contributed by atoms with Crippen molar-refractivity contribution in [2.75, 3.05) is 26.8 Å². The normalized spacial score (nSPS) is 13.8. The third kappa shape index (κ3) is 7.98. The Morgan fingerprint density at radius 1 is 1.25 bits per heavy atom. The van der Waals surface area contributed by atoms with Gasteiger partial charge < -0.3 is 15.4 Å². The Morgan fingerprint density at radius 3 is 2.42 bits per heavy atom. The summed E-state index contributed by atoms with van der Waals surface area (Å²) in [5, 5.41) is 6.72. The molecule has 0 aliphatic carbocycles. The van der Waals surface area contributed by atoms with Gasteiger partial charge in [-0.15, -0.1) is 0 Å². The molecule has 0 aliphatic rings. The van der Waals surface area contributed by atoms with Gasteiger partial charge in [-0.3, -0.25) is 0 Å². The number of methoxy groups -OCH3 is 1. The molecule has 0 rings (SSSR count). The van der Waals surface area contributed by atoms with E-state index in [4.69, 9.17) is 4.74 Å². The Labute approximate surface area is 75.9 Å². The van der Waals surface area contributed by atoms with Gasteiger partial charge in [-0.25, -0.2) is 0 Å². The van der Waals surface area contributed by atoms with Crippen molar-refractivity contribution >= 4 is 0 Å². The molecule has 0 aromatic carbocycles. The summed E-state index contributed by atoms with van der Waals surface area (Å²) >= 11 is 0. The van der Waals surface area contributed by atoms with Crippen molar-refractivity contribution in [3.05, 3.63) is 0 Å². The van der Waals surface area contributed by atoms with Gasteiger partial charge in [0.2, 0.25) is 0 Å². The number of nitrogens with one attached hydrogen (secondary N) is 2. The Hall–Kier alpha value is -0.120. The topological polar surface area (TPSA) is 33.3 Å². The van der Waals surface area contributed by atoms with Crippen LogP contribution in [0.25, 0.3) is 0 Å². The molecule has 0 aromatic rings. The predicted octanol–water partition coefficient (Wildman–Crippen LogP) is 0.609. The van der Waals surface area contributed by atoms with E-state index >= 15 is 0 Å². The van der Waals surface area contributed by atoms with Crippen LogP contribution in [0.4, 0.5) is 0 Å². The first kappa shape index (κ1) is 11.9. The van der Waals surface area contributed by atoms with Gasteiger partial charge in [-0.1, -0.05) is 13.8 Å². The van der Waals surface area contributed by atoms with Crippen molar-refractivity contribution in [2.45, 2.75) is 32.9 Å². The first-order chi connectivity index (χ1) is 5.66. The Kier molecular flexibility index (Phi) is 7.45. The molecule has 0 radical (unpaired) electrons. The van der Waals surface area contributed by atoms with Gasteiger partial charge >= 0.3 is 0 Å². The first-order valence-corrected chi connectivity index (χ1v) is 4.62. The molecule has 0 aliphatic heterocycles. The second-order valence-corrected chi connectivity index (χ2v) is 3.42. The third-order valence-corrected chi connectivity index (χ3v) is 1.55. The van der Waals surface area contributed by atoms with Crippen molar-refractivity contribution in [1.82, 2.24) is 10.6 Å². The van der Waals surface area contributed by atoms with E-state index in [9.17, 15) is 0 Å². The largest absolute Gasteiger partial charge is 0.383 e. The Morgan fingerprint density at radius 2 is 1.92 bits per heavy atom. The van der Waals surface area contributed by atoms with Crippen molar-refractivity contribution in [3.8, 4) is 0 Å². The highest BCUT2D eigenvalue weighted by Gasteiger charge is 2.01. The maximum atomic E-state index is 4.92. The van der Waals surface area contributed by atoms with E-state index in [0.717, 1.165) is 19.7 Å². The average Bonchev–Trinajstić information content (AvgIpc) is 1.97. The van der Waals surface area contributed by atoms with E-state index in [1.54, 1.807) is 7.11 Å². The number of ether oxygens (including phenoxy) is 1. The van der Waals surface area contributed by atoms with Crippen LogP contribution in [0, 0.1) is 0 Å². The lowest BCUT2D eigenvalue weighted by Crippen LogP contribution is -2.40. The zero-order valence-corrected chi connectivity index (χ0v) is 8.68. The lowest BCUT2D eigenvalue weighted by atomic mass is 10.3. The van der Waals surface area contributed by atoms with E-state index in [1.165, 1.54) is 0 Å². The van der Waals surface area contributed by atoms with Crippen LogP contribution < -0.4 is 10.6 Å². The van der Waals surface area contributed by atoms with Gasteiger partial charge in [-0.2, -0.15) is 0 Å². The summed E-state index contributed by atoms with van der Waals surface area (Å²) in [6.45, 7) is 9.22. The molecule has 0 aromatic heterocycles. The summed E-state index contributed by atoms with van der Waals surface area (Å²) in [6, 6.07) is 1.09. The maximum absolute atomic E-state index is 4.92. The fourth-order valence-electron chi connectivity index (χ4n) is 1.12. The van der Waals surface area contributed by atoms with Gasteiger partial charge in [0, 0.05) is 32.3 Å². The van der Waals surface area contributed by atoms with E-state index in [1.807, 2.05) is 0 Å². The highest BCUT2D eigenvalue weighted by molar-refractivity contribution is 4.65. The quantitative estimate of drug-likeness (QED) is 0.555. The van der Waals surface area contributed by atoms with Gasteiger partial charge in [0.25, 0.3) is 0 Å². The van der Waals surface area contributed by atoms with Crippen molar-refractivity contribution in [1.29, 1.82) is 0 Å². The molecule has 1 atom stereocenters. The summed E-state index contributed by atoms with van der Waals surface area (Å²) in [4.78, 5) is 0. The fraction of sp³-hybridized carbons (Fsp3) is 1.00.